The first kappa shape index (κ1) is 15.1. The van der Waals surface area contributed by atoms with Crippen LogP contribution in [-0.4, -0.2) is 18.0 Å². The molecule has 0 N–H and O–H groups in total. The van der Waals surface area contributed by atoms with E-state index >= 15 is 0 Å². The Bertz CT molecular complexity index is 796. The zero-order valence-corrected chi connectivity index (χ0v) is 13.0. The minimum absolute atomic E-state index is 0.114. The summed E-state index contributed by atoms with van der Waals surface area (Å²) in [5.74, 6) is -1.43. The summed E-state index contributed by atoms with van der Waals surface area (Å²) in [4.78, 5) is 8.63. The summed E-state index contributed by atoms with van der Waals surface area (Å²) in [6.07, 6.45) is 1.59. The second-order valence-corrected chi connectivity index (χ2v) is 5.63. The molecule has 0 saturated carbocycles. The Kier molecular flexibility index (Phi) is 3.98. The number of fused-ring (bicyclic) bond motifs is 1. The van der Waals surface area contributed by atoms with E-state index in [0.717, 1.165) is 0 Å². The molecule has 1 atom stereocenters. The highest BCUT2D eigenvalue weighted by molar-refractivity contribution is 6.45. The summed E-state index contributed by atoms with van der Waals surface area (Å²) in [6.45, 7) is 1.77. The SMILES string of the molecule is CC1C=Nc2ccc(Cl)c(Cl)c2C(c2c(F)cccc2F)=N1. The number of hydrogen-bond acceptors (Lipinski definition) is 2. The second kappa shape index (κ2) is 5.78. The van der Waals surface area contributed by atoms with E-state index in [2.05, 4.69) is 9.98 Å². The molecule has 2 aromatic carbocycles. The van der Waals surface area contributed by atoms with Gasteiger partial charge in [-0.1, -0.05) is 29.3 Å². The minimum atomic E-state index is -0.713. The number of aliphatic imine (C=N–C) groups is 2. The number of rotatable bonds is 1. The van der Waals surface area contributed by atoms with E-state index in [1.807, 2.05) is 0 Å². The highest BCUT2D eigenvalue weighted by Gasteiger charge is 2.25. The summed E-state index contributed by atoms with van der Waals surface area (Å²) in [7, 11) is 0. The molecule has 2 nitrogen and oxygen atoms in total. The number of benzene rings is 2. The van der Waals surface area contributed by atoms with Gasteiger partial charge in [0.25, 0.3) is 0 Å². The van der Waals surface area contributed by atoms with Crippen molar-refractivity contribution in [3.05, 3.63) is 63.1 Å². The quantitative estimate of drug-likeness (QED) is 0.681. The van der Waals surface area contributed by atoms with Crippen LogP contribution in [0.4, 0.5) is 14.5 Å². The van der Waals surface area contributed by atoms with Gasteiger partial charge in [-0.15, -0.1) is 0 Å². The van der Waals surface area contributed by atoms with Crippen LogP contribution in [0, 0.1) is 11.6 Å². The molecule has 1 unspecified atom stereocenters. The molecule has 0 spiro atoms. The van der Waals surface area contributed by atoms with Crippen molar-refractivity contribution in [1.29, 1.82) is 0 Å². The van der Waals surface area contributed by atoms with Gasteiger partial charge in [0.15, 0.2) is 0 Å². The third kappa shape index (κ3) is 2.53. The van der Waals surface area contributed by atoms with Crippen LogP contribution in [0.5, 0.6) is 0 Å². The minimum Gasteiger partial charge on any atom is -0.275 e. The predicted molar refractivity (Wildman–Crippen MR) is 86.1 cm³/mol. The molecular formula is C16H10Cl2F2N2. The lowest BCUT2D eigenvalue weighted by atomic mass is 9.99. The van der Waals surface area contributed by atoms with Crippen molar-refractivity contribution in [2.75, 3.05) is 0 Å². The van der Waals surface area contributed by atoms with Crippen molar-refractivity contribution < 1.29 is 8.78 Å². The normalized spacial score (nSPS) is 17.0. The second-order valence-electron chi connectivity index (χ2n) is 4.85. The molecule has 1 aliphatic heterocycles. The van der Waals surface area contributed by atoms with E-state index in [1.54, 1.807) is 25.3 Å². The molecule has 0 aromatic heterocycles. The molecule has 0 aliphatic carbocycles. The van der Waals surface area contributed by atoms with Crippen LogP contribution in [0.15, 0.2) is 40.3 Å². The van der Waals surface area contributed by atoms with Gasteiger partial charge in [-0.2, -0.15) is 0 Å². The molecule has 22 heavy (non-hydrogen) atoms. The van der Waals surface area contributed by atoms with Crippen molar-refractivity contribution in [2.24, 2.45) is 9.98 Å². The average molecular weight is 339 g/mol. The smallest absolute Gasteiger partial charge is 0.135 e. The lowest BCUT2D eigenvalue weighted by Crippen LogP contribution is -2.12. The van der Waals surface area contributed by atoms with Gasteiger partial charge in [0.1, 0.15) is 11.6 Å². The maximum atomic E-state index is 14.2. The first-order valence-electron chi connectivity index (χ1n) is 6.53. The van der Waals surface area contributed by atoms with E-state index in [4.69, 9.17) is 23.2 Å². The van der Waals surface area contributed by atoms with Crippen molar-refractivity contribution in [3.63, 3.8) is 0 Å². The summed E-state index contributed by atoms with van der Waals surface area (Å²) < 4.78 is 28.4. The van der Waals surface area contributed by atoms with Crippen LogP contribution in [0.2, 0.25) is 10.0 Å². The summed E-state index contributed by atoms with van der Waals surface area (Å²) in [5.41, 5.74) is 0.687. The standard InChI is InChI=1S/C16H10Cl2F2N2/c1-8-7-21-12-6-5-9(17)15(18)14(12)16(22-8)13-10(19)3-2-4-11(13)20/h2-8H,1H3. The van der Waals surface area contributed by atoms with Crippen molar-refractivity contribution in [3.8, 4) is 0 Å². The third-order valence-corrected chi connectivity index (χ3v) is 4.08. The van der Waals surface area contributed by atoms with E-state index in [0.29, 0.717) is 11.3 Å². The average Bonchev–Trinajstić information content (AvgIpc) is 2.63. The van der Waals surface area contributed by atoms with Gasteiger partial charge >= 0.3 is 0 Å². The van der Waals surface area contributed by atoms with Gasteiger partial charge in [-0.05, 0) is 31.2 Å². The fourth-order valence-corrected chi connectivity index (χ4v) is 2.68. The molecule has 3 rings (SSSR count). The number of nitrogens with zero attached hydrogens (tertiary/aromatic N) is 2. The molecule has 1 aliphatic rings. The molecule has 1 heterocycles. The number of hydrogen-bond donors (Lipinski definition) is 0. The largest absolute Gasteiger partial charge is 0.275 e. The summed E-state index contributed by atoms with van der Waals surface area (Å²) >= 11 is 12.3. The molecule has 0 amide bonds. The van der Waals surface area contributed by atoms with Gasteiger partial charge in [-0.25, -0.2) is 8.78 Å². The lowest BCUT2D eigenvalue weighted by molar-refractivity contribution is 0.579. The Labute approximate surface area is 136 Å². The Balaban J connectivity index is 2.36. The molecule has 0 bridgehead atoms. The van der Waals surface area contributed by atoms with Gasteiger partial charge in [0.05, 0.1) is 33.0 Å². The van der Waals surface area contributed by atoms with Gasteiger partial charge in [-0.3, -0.25) is 9.98 Å². The van der Waals surface area contributed by atoms with E-state index in [-0.39, 0.29) is 27.4 Å². The van der Waals surface area contributed by atoms with Crippen LogP contribution in [0.1, 0.15) is 18.1 Å². The Hall–Kier alpha value is -1.78. The maximum absolute atomic E-state index is 14.2. The molecule has 0 fully saturated rings. The van der Waals surface area contributed by atoms with E-state index in [1.165, 1.54) is 18.2 Å². The molecule has 2 aromatic rings. The molecule has 6 heteroatoms. The molecule has 0 radical (unpaired) electrons. The Morgan fingerprint density at radius 2 is 1.68 bits per heavy atom. The highest BCUT2D eigenvalue weighted by Crippen LogP contribution is 2.37. The zero-order valence-electron chi connectivity index (χ0n) is 11.4. The first-order chi connectivity index (χ1) is 10.5. The summed E-state index contributed by atoms with van der Waals surface area (Å²) in [6, 6.07) is 6.53. The van der Waals surface area contributed by atoms with Crippen LogP contribution >= 0.6 is 23.2 Å². The van der Waals surface area contributed by atoms with Crippen LogP contribution in [0.25, 0.3) is 0 Å². The lowest BCUT2D eigenvalue weighted by Gasteiger charge is -2.13. The van der Waals surface area contributed by atoms with Crippen molar-refractivity contribution in [2.45, 2.75) is 13.0 Å². The summed E-state index contributed by atoms with van der Waals surface area (Å²) in [5, 5.41) is 0.446. The third-order valence-electron chi connectivity index (χ3n) is 3.27. The number of halogens is 4. The topological polar surface area (TPSA) is 24.7 Å². The van der Waals surface area contributed by atoms with Crippen molar-refractivity contribution in [1.82, 2.24) is 0 Å². The van der Waals surface area contributed by atoms with Gasteiger partial charge < -0.3 is 0 Å². The Morgan fingerprint density at radius 3 is 2.36 bits per heavy atom. The fourth-order valence-electron chi connectivity index (χ4n) is 2.28. The van der Waals surface area contributed by atoms with Gasteiger partial charge in [0, 0.05) is 11.8 Å². The van der Waals surface area contributed by atoms with E-state index < -0.39 is 11.6 Å². The predicted octanol–water partition coefficient (Wildman–Crippen LogP) is 5.21. The zero-order chi connectivity index (χ0) is 15.9. The monoisotopic (exact) mass is 338 g/mol. The van der Waals surface area contributed by atoms with Gasteiger partial charge in [0.2, 0.25) is 0 Å². The molecule has 0 saturated heterocycles. The highest BCUT2D eigenvalue weighted by atomic mass is 35.5. The van der Waals surface area contributed by atoms with Crippen LogP contribution in [0.3, 0.4) is 0 Å². The Morgan fingerprint density at radius 1 is 1.00 bits per heavy atom. The van der Waals surface area contributed by atoms with Crippen molar-refractivity contribution >= 4 is 40.8 Å². The first-order valence-corrected chi connectivity index (χ1v) is 7.29. The fraction of sp³-hybridized carbons (Fsp3) is 0.125. The van der Waals surface area contributed by atoms with Crippen LogP contribution < -0.4 is 0 Å². The van der Waals surface area contributed by atoms with E-state index in [9.17, 15) is 8.78 Å². The molecule has 112 valence electrons. The van der Waals surface area contributed by atoms with Crippen LogP contribution in [-0.2, 0) is 0 Å². The maximum Gasteiger partial charge on any atom is 0.135 e. The molecular weight excluding hydrogens is 329 g/mol.